The number of carbonyl (C=O) groups is 1. The first kappa shape index (κ1) is 26.3. The number of thiazole rings is 1. The van der Waals surface area contributed by atoms with E-state index in [0.29, 0.717) is 26.4 Å². The van der Waals surface area contributed by atoms with E-state index in [-0.39, 0.29) is 33.7 Å². The van der Waals surface area contributed by atoms with Crippen LogP contribution in [0.15, 0.2) is 86.1 Å². The third-order valence-electron chi connectivity index (χ3n) is 6.02. The fourth-order valence-electron chi connectivity index (χ4n) is 4.38. The molecule has 0 radical (unpaired) electrons. The lowest BCUT2D eigenvalue weighted by atomic mass is 9.96. The Morgan fingerprint density at radius 3 is 2.64 bits per heavy atom. The number of hydrogen-bond donors (Lipinski definition) is 0. The number of ether oxygens (including phenoxy) is 1. The van der Waals surface area contributed by atoms with E-state index in [9.17, 15) is 19.7 Å². The van der Waals surface area contributed by atoms with Crippen LogP contribution in [0.2, 0.25) is 5.02 Å². The Bertz CT molecular complexity index is 1820. The Kier molecular flexibility index (Phi) is 7.07. The van der Waals surface area contributed by atoms with Gasteiger partial charge in [-0.2, -0.15) is 0 Å². The summed E-state index contributed by atoms with van der Waals surface area (Å²) < 4.78 is 13.2. The van der Waals surface area contributed by atoms with Gasteiger partial charge in [0.1, 0.15) is 11.5 Å². The van der Waals surface area contributed by atoms with E-state index in [1.165, 1.54) is 22.8 Å². The number of halogens is 1. The third kappa shape index (κ3) is 5.08. The molecule has 2 aromatic carbocycles. The molecule has 1 unspecified atom stereocenters. The monoisotopic (exact) mass is 563 g/mol. The van der Waals surface area contributed by atoms with Gasteiger partial charge in [-0.15, -0.1) is 0 Å². The van der Waals surface area contributed by atoms with Crippen molar-refractivity contribution in [2.45, 2.75) is 32.9 Å². The Labute approximate surface area is 231 Å². The summed E-state index contributed by atoms with van der Waals surface area (Å²) >= 11 is 7.09. The standard InChI is InChI=1S/C28H22ClN3O6S/c1-15(2)37-27(34)24-16(3)30-28-31(25(24)17-7-5-4-6-8-17)26(33)23(39-28)14-19-10-12-22(38-19)20-11-9-18(29)13-21(20)32(35)36/h4-15,25H,1-3H3. The van der Waals surface area contributed by atoms with E-state index in [4.69, 9.17) is 20.8 Å². The summed E-state index contributed by atoms with van der Waals surface area (Å²) in [7, 11) is 0. The number of benzene rings is 2. The van der Waals surface area contributed by atoms with Crippen molar-refractivity contribution in [1.82, 2.24) is 4.57 Å². The molecule has 0 spiro atoms. The highest BCUT2D eigenvalue weighted by Crippen LogP contribution is 2.34. The van der Waals surface area contributed by atoms with E-state index in [2.05, 4.69) is 4.99 Å². The van der Waals surface area contributed by atoms with Crippen LogP contribution < -0.4 is 14.9 Å². The van der Waals surface area contributed by atoms with Gasteiger partial charge >= 0.3 is 5.97 Å². The molecule has 2 aromatic heterocycles. The van der Waals surface area contributed by atoms with Crippen LogP contribution in [0.4, 0.5) is 5.69 Å². The van der Waals surface area contributed by atoms with Crippen molar-refractivity contribution in [3.63, 3.8) is 0 Å². The van der Waals surface area contributed by atoms with Gasteiger partial charge in [-0.3, -0.25) is 19.5 Å². The summed E-state index contributed by atoms with van der Waals surface area (Å²) in [6.45, 7) is 5.25. The van der Waals surface area contributed by atoms with Gasteiger partial charge in [0.25, 0.3) is 11.2 Å². The van der Waals surface area contributed by atoms with Crippen LogP contribution in [-0.4, -0.2) is 21.6 Å². The highest BCUT2D eigenvalue weighted by Gasteiger charge is 2.33. The minimum atomic E-state index is -0.722. The van der Waals surface area contributed by atoms with E-state index < -0.39 is 16.9 Å². The number of allylic oxidation sites excluding steroid dienone is 1. The zero-order chi connectivity index (χ0) is 27.8. The molecular formula is C28H22ClN3O6S. The number of nitrogens with zero attached hydrogens (tertiary/aromatic N) is 3. The minimum absolute atomic E-state index is 0.193. The number of furan rings is 1. The molecule has 1 aliphatic heterocycles. The van der Waals surface area contributed by atoms with Crippen LogP contribution in [0.3, 0.4) is 0 Å². The highest BCUT2D eigenvalue weighted by atomic mass is 35.5. The van der Waals surface area contributed by atoms with Gasteiger partial charge in [-0.05, 0) is 50.6 Å². The maximum atomic E-state index is 13.7. The Hall–Kier alpha value is -4.28. The topological polar surface area (TPSA) is 117 Å². The highest BCUT2D eigenvalue weighted by molar-refractivity contribution is 7.07. The summed E-state index contributed by atoms with van der Waals surface area (Å²) in [6, 6.07) is 16.0. The smallest absolute Gasteiger partial charge is 0.338 e. The minimum Gasteiger partial charge on any atom is -0.459 e. The lowest BCUT2D eigenvalue weighted by Crippen LogP contribution is -2.40. The zero-order valence-corrected chi connectivity index (χ0v) is 22.7. The van der Waals surface area contributed by atoms with Crippen molar-refractivity contribution >= 4 is 40.7 Å². The number of nitro benzene ring substituents is 1. The van der Waals surface area contributed by atoms with Crippen molar-refractivity contribution in [3.8, 4) is 11.3 Å². The second kappa shape index (κ2) is 10.5. The molecule has 0 bridgehead atoms. The van der Waals surface area contributed by atoms with E-state index in [0.717, 1.165) is 16.9 Å². The molecule has 5 rings (SSSR count). The van der Waals surface area contributed by atoms with Gasteiger partial charge in [-0.1, -0.05) is 53.3 Å². The molecule has 0 N–H and O–H groups in total. The quantitative estimate of drug-likeness (QED) is 0.185. The maximum Gasteiger partial charge on any atom is 0.338 e. The zero-order valence-electron chi connectivity index (χ0n) is 21.1. The first-order valence-electron chi connectivity index (χ1n) is 12.0. The number of fused-ring (bicyclic) bond motifs is 1. The fourth-order valence-corrected chi connectivity index (χ4v) is 5.57. The molecular weight excluding hydrogens is 542 g/mol. The lowest BCUT2D eigenvalue weighted by molar-refractivity contribution is -0.384. The number of hydrogen-bond acceptors (Lipinski definition) is 8. The van der Waals surface area contributed by atoms with Crippen molar-refractivity contribution < 1.29 is 18.9 Å². The van der Waals surface area contributed by atoms with Crippen LogP contribution in [0, 0.1) is 10.1 Å². The Morgan fingerprint density at radius 1 is 1.21 bits per heavy atom. The normalized spacial score (nSPS) is 15.3. The average Bonchev–Trinajstić information content (AvgIpc) is 3.47. The Balaban J connectivity index is 1.62. The van der Waals surface area contributed by atoms with Gasteiger partial charge in [0.2, 0.25) is 0 Å². The van der Waals surface area contributed by atoms with E-state index in [1.54, 1.807) is 39.0 Å². The molecule has 0 saturated carbocycles. The first-order chi connectivity index (χ1) is 18.6. The van der Waals surface area contributed by atoms with Gasteiger partial charge < -0.3 is 9.15 Å². The molecule has 11 heteroatoms. The second-order valence-electron chi connectivity index (χ2n) is 9.07. The maximum absolute atomic E-state index is 13.7. The lowest BCUT2D eigenvalue weighted by Gasteiger charge is -2.25. The molecule has 0 aliphatic carbocycles. The molecule has 198 valence electrons. The molecule has 1 atom stereocenters. The molecule has 0 saturated heterocycles. The first-order valence-corrected chi connectivity index (χ1v) is 13.2. The number of aromatic nitrogens is 1. The largest absolute Gasteiger partial charge is 0.459 e. The second-order valence-corrected chi connectivity index (χ2v) is 10.5. The fraction of sp³-hybridized carbons (Fsp3) is 0.179. The number of rotatable bonds is 6. The summed E-state index contributed by atoms with van der Waals surface area (Å²) in [5, 5.41) is 11.8. The van der Waals surface area contributed by atoms with Crippen molar-refractivity contribution in [2.75, 3.05) is 0 Å². The summed E-state index contributed by atoms with van der Waals surface area (Å²) in [4.78, 5) is 42.8. The molecule has 3 heterocycles. The number of carbonyl (C=O) groups excluding carboxylic acids is 1. The van der Waals surface area contributed by atoms with Crippen molar-refractivity contribution in [3.05, 3.63) is 118 Å². The molecule has 1 aliphatic rings. The molecule has 39 heavy (non-hydrogen) atoms. The van der Waals surface area contributed by atoms with Gasteiger partial charge in [0.05, 0.1) is 38.4 Å². The summed E-state index contributed by atoms with van der Waals surface area (Å²) in [5.41, 5.74) is 1.22. The van der Waals surface area contributed by atoms with Gasteiger partial charge in [0.15, 0.2) is 4.80 Å². The third-order valence-corrected chi connectivity index (χ3v) is 7.24. The number of nitro groups is 1. The molecule has 4 aromatic rings. The molecule has 9 nitrogen and oxygen atoms in total. The van der Waals surface area contributed by atoms with E-state index in [1.807, 2.05) is 30.3 Å². The van der Waals surface area contributed by atoms with Crippen LogP contribution in [0.1, 0.15) is 38.1 Å². The molecule has 0 amide bonds. The van der Waals surface area contributed by atoms with Gasteiger partial charge in [-0.25, -0.2) is 9.79 Å². The van der Waals surface area contributed by atoms with Crippen LogP contribution in [0.5, 0.6) is 0 Å². The SMILES string of the molecule is CC1=C(C(=O)OC(C)C)C(c2ccccc2)n2c(sc(=Cc3ccc(-c4ccc(Cl)cc4[N+](=O)[O-])o3)c2=O)=N1. The van der Waals surface area contributed by atoms with Crippen LogP contribution in [-0.2, 0) is 9.53 Å². The number of esters is 1. The predicted octanol–water partition coefficient (Wildman–Crippen LogP) is 5.01. The summed E-state index contributed by atoms with van der Waals surface area (Å²) in [5.74, 6) is 0.0506. The predicted molar refractivity (Wildman–Crippen MR) is 147 cm³/mol. The Morgan fingerprint density at radius 2 is 1.95 bits per heavy atom. The summed E-state index contributed by atoms with van der Waals surface area (Å²) in [6.07, 6.45) is 1.21. The van der Waals surface area contributed by atoms with Crippen LogP contribution in [0.25, 0.3) is 17.4 Å². The van der Waals surface area contributed by atoms with Gasteiger partial charge in [0, 0.05) is 17.2 Å². The average molecular weight is 564 g/mol. The van der Waals surface area contributed by atoms with Crippen LogP contribution >= 0.6 is 22.9 Å². The van der Waals surface area contributed by atoms with Crippen molar-refractivity contribution in [1.29, 1.82) is 0 Å². The van der Waals surface area contributed by atoms with E-state index >= 15 is 0 Å². The molecule has 0 fully saturated rings. The van der Waals surface area contributed by atoms with Crippen molar-refractivity contribution in [2.24, 2.45) is 4.99 Å².